The van der Waals surface area contributed by atoms with E-state index in [4.69, 9.17) is 42.6 Å². The van der Waals surface area contributed by atoms with E-state index in [9.17, 15) is 0 Å². The highest BCUT2D eigenvalue weighted by Crippen LogP contribution is 2.45. The quantitative estimate of drug-likeness (QED) is 0.185. The average molecular weight is 624 g/mol. The minimum atomic E-state index is -0.433. The lowest BCUT2D eigenvalue weighted by Crippen LogP contribution is -2.39. The number of fused-ring (bicyclic) bond motifs is 2. The molecule has 0 saturated carbocycles. The molecule has 0 N–H and O–H groups in total. The Bertz CT molecular complexity index is 1910. The van der Waals surface area contributed by atoms with Gasteiger partial charge in [-0.05, 0) is 74.5 Å². The van der Waals surface area contributed by atoms with Crippen molar-refractivity contribution < 1.29 is 14.3 Å². The topological polar surface area (TPSA) is 67.8 Å². The third-order valence-corrected chi connectivity index (χ3v) is 7.74. The van der Waals surface area contributed by atoms with E-state index in [1.807, 2.05) is 74.5 Å². The van der Waals surface area contributed by atoms with E-state index in [-0.39, 0.29) is 0 Å². The summed E-state index contributed by atoms with van der Waals surface area (Å²) >= 11 is 13.1. The number of benzene rings is 4. The molecule has 0 radical (unpaired) electrons. The number of anilines is 4. The monoisotopic (exact) mass is 622 g/mol. The molecule has 2 amide bonds. The smallest absolute Gasteiger partial charge is 0.338 e. The van der Waals surface area contributed by atoms with E-state index >= 15 is 4.79 Å². The standard InChI is InChI=1S/C35H28Cl2N4O3/c1-21-17-29(25-9-5-7-11-27(25)38-21)40(30-18-22(2)39-28-12-8-6-10-26(28)30)35(42)41(31-19-23(36)13-15-33(31)43-3)32-20-24(37)14-16-34(32)44-4/h5-20H,1-4H3. The van der Waals surface area contributed by atoms with E-state index in [1.54, 1.807) is 55.5 Å². The van der Waals surface area contributed by atoms with Crippen LogP contribution in [0.5, 0.6) is 11.5 Å². The van der Waals surface area contributed by atoms with Gasteiger partial charge in [-0.15, -0.1) is 0 Å². The molecule has 6 rings (SSSR count). The van der Waals surface area contributed by atoms with Crippen LogP contribution in [0.4, 0.5) is 27.5 Å². The molecule has 7 nitrogen and oxygen atoms in total. The Morgan fingerprint density at radius 1 is 0.591 bits per heavy atom. The SMILES string of the molecule is COc1ccc(Cl)cc1N(C(=O)N(c1cc(C)nc2ccccc12)c1cc(C)nc2ccccc12)c1cc(Cl)ccc1OC. The summed E-state index contributed by atoms with van der Waals surface area (Å²) in [6, 6.07) is 29.1. The number of hydrogen-bond acceptors (Lipinski definition) is 5. The lowest BCUT2D eigenvalue weighted by molar-refractivity contribution is 0.255. The fourth-order valence-electron chi connectivity index (χ4n) is 5.39. The number of aryl methyl sites for hydroxylation is 2. The minimum Gasteiger partial charge on any atom is -0.495 e. The van der Waals surface area contributed by atoms with Gasteiger partial charge in [0.25, 0.3) is 0 Å². The van der Waals surface area contributed by atoms with Gasteiger partial charge in [0.15, 0.2) is 0 Å². The molecule has 9 heteroatoms. The highest BCUT2D eigenvalue weighted by molar-refractivity contribution is 6.32. The maximum atomic E-state index is 15.5. The van der Waals surface area contributed by atoms with Gasteiger partial charge in [0, 0.05) is 32.2 Å². The fraction of sp³-hybridized carbons (Fsp3) is 0.114. The number of carbonyl (C=O) groups excluding carboxylic acids is 1. The number of para-hydroxylation sites is 2. The van der Waals surface area contributed by atoms with Gasteiger partial charge in [0.2, 0.25) is 0 Å². The van der Waals surface area contributed by atoms with Gasteiger partial charge < -0.3 is 9.47 Å². The second-order valence-corrected chi connectivity index (χ2v) is 11.1. The lowest BCUT2D eigenvalue weighted by atomic mass is 10.1. The Labute approximate surface area is 265 Å². The molecule has 2 aromatic heterocycles. The van der Waals surface area contributed by atoms with Crippen molar-refractivity contribution in [1.82, 2.24) is 9.97 Å². The first-order valence-electron chi connectivity index (χ1n) is 13.8. The molecule has 0 atom stereocenters. The fourth-order valence-corrected chi connectivity index (χ4v) is 5.72. The zero-order valence-electron chi connectivity index (χ0n) is 24.5. The normalized spacial score (nSPS) is 11.0. The van der Waals surface area contributed by atoms with Crippen molar-refractivity contribution in [2.75, 3.05) is 24.0 Å². The molecule has 0 unspecified atom stereocenters. The zero-order chi connectivity index (χ0) is 31.0. The number of halogens is 2. The second-order valence-electron chi connectivity index (χ2n) is 10.2. The molecule has 0 bridgehead atoms. The van der Waals surface area contributed by atoms with Crippen LogP contribution < -0.4 is 19.3 Å². The first kappa shape index (κ1) is 29.2. The van der Waals surface area contributed by atoms with Gasteiger partial charge in [0.05, 0.1) is 48.0 Å². The maximum Gasteiger partial charge on any atom is 0.338 e. The molecule has 0 aliphatic heterocycles. The molecule has 6 aromatic rings. The number of urea groups is 1. The molecule has 220 valence electrons. The van der Waals surface area contributed by atoms with Crippen molar-refractivity contribution in [2.45, 2.75) is 13.8 Å². The molecule has 44 heavy (non-hydrogen) atoms. The summed E-state index contributed by atoms with van der Waals surface area (Å²) in [7, 11) is 3.09. The van der Waals surface area contributed by atoms with Crippen LogP contribution in [0, 0.1) is 13.8 Å². The number of nitrogens with zero attached hydrogens (tertiary/aromatic N) is 4. The molecule has 0 spiro atoms. The predicted molar refractivity (Wildman–Crippen MR) is 179 cm³/mol. The summed E-state index contributed by atoms with van der Waals surface area (Å²) in [5, 5.41) is 2.42. The van der Waals surface area contributed by atoms with Crippen molar-refractivity contribution >= 4 is 73.8 Å². The number of hydrogen-bond donors (Lipinski definition) is 0. The van der Waals surface area contributed by atoms with Crippen LogP contribution in [0.15, 0.2) is 97.1 Å². The van der Waals surface area contributed by atoms with Crippen molar-refractivity contribution in [2.24, 2.45) is 0 Å². The van der Waals surface area contributed by atoms with Crippen LogP contribution in [0.2, 0.25) is 10.0 Å². The number of amides is 2. The number of rotatable bonds is 6. The summed E-state index contributed by atoms with van der Waals surface area (Å²) in [5.74, 6) is 0.854. The Balaban J connectivity index is 1.73. The Morgan fingerprint density at radius 2 is 1.00 bits per heavy atom. The van der Waals surface area contributed by atoms with Crippen molar-refractivity contribution in [3.63, 3.8) is 0 Å². The van der Waals surface area contributed by atoms with Crippen LogP contribution in [-0.4, -0.2) is 30.2 Å². The Hall–Kier alpha value is -4.85. The third-order valence-electron chi connectivity index (χ3n) is 7.27. The summed E-state index contributed by atoms with van der Waals surface area (Å²) < 4.78 is 11.5. The largest absolute Gasteiger partial charge is 0.495 e. The second kappa shape index (κ2) is 12.0. The maximum absolute atomic E-state index is 15.5. The van der Waals surface area contributed by atoms with Crippen LogP contribution in [-0.2, 0) is 0 Å². The summed E-state index contributed by atoms with van der Waals surface area (Å²) in [5.41, 5.74) is 5.09. The zero-order valence-corrected chi connectivity index (χ0v) is 26.0. The van der Waals surface area contributed by atoms with Crippen molar-refractivity contribution in [1.29, 1.82) is 0 Å². The van der Waals surface area contributed by atoms with E-state index in [2.05, 4.69) is 0 Å². The highest BCUT2D eigenvalue weighted by atomic mass is 35.5. The lowest BCUT2D eigenvalue weighted by Gasteiger charge is -2.33. The van der Waals surface area contributed by atoms with Gasteiger partial charge in [0.1, 0.15) is 11.5 Å². The number of carbonyl (C=O) groups is 1. The molecular formula is C35H28Cl2N4O3. The molecule has 0 aliphatic carbocycles. The molecule has 0 saturated heterocycles. The average Bonchev–Trinajstić information content (AvgIpc) is 3.01. The van der Waals surface area contributed by atoms with Crippen LogP contribution in [0.1, 0.15) is 11.4 Å². The van der Waals surface area contributed by atoms with E-state index in [0.29, 0.717) is 44.3 Å². The van der Waals surface area contributed by atoms with Crippen molar-refractivity contribution in [3.8, 4) is 11.5 Å². The highest BCUT2D eigenvalue weighted by Gasteiger charge is 2.33. The summed E-state index contributed by atoms with van der Waals surface area (Å²) in [4.78, 5) is 28.2. The van der Waals surface area contributed by atoms with Gasteiger partial charge in [-0.3, -0.25) is 19.8 Å². The molecule has 0 aliphatic rings. The van der Waals surface area contributed by atoms with Gasteiger partial charge >= 0.3 is 6.03 Å². The molecule has 2 heterocycles. The van der Waals surface area contributed by atoms with E-state index in [0.717, 1.165) is 33.2 Å². The first-order chi connectivity index (χ1) is 21.3. The molecular weight excluding hydrogens is 595 g/mol. The summed E-state index contributed by atoms with van der Waals surface area (Å²) in [6.45, 7) is 3.82. The molecule has 4 aromatic carbocycles. The number of pyridine rings is 2. The minimum absolute atomic E-state index is 0.403. The Kier molecular flexibility index (Phi) is 7.99. The van der Waals surface area contributed by atoms with E-state index in [1.165, 1.54) is 4.90 Å². The third kappa shape index (κ3) is 5.36. The number of ether oxygens (including phenoxy) is 2. The molecule has 0 fully saturated rings. The van der Waals surface area contributed by atoms with Crippen LogP contribution in [0.25, 0.3) is 21.8 Å². The van der Waals surface area contributed by atoms with Crippen LogP contribution in [0.3, 0.4) is 0 Å². The predicted octanol–water partition coefficient (Wildman–Crippen LogP) is 9.82. The number of aromatic nitrogens is 2. The van der Waals surface area contributed by atoms with Gasteiger partial charge in [-0.1, -0.05) is 59.6 Å². The van der Waals surface area contributed by atoms with Crippen molar-refractivity contribution in [3.05, 3.63) is 118 Å². The van der Waals surface area contributed by atoms with Gasteiger partial charge in [-0.2, -0.15) is 0 Å². The summed E-state index contributed by atoms with van der Waals surface area (Å²) in [6.07, 6.45) is 0. The van der Waals surface area contributed by atoms with Crippen LogP contribution >= 0.6 is 23.2 Å². The Morgan fingerprint density at radius 3 is 1.43 bits per heavy atom. The van der Waals surface area contributed by atoms with E-state index < -0.39 is 6.03 Å². The number of methoxy groups -OCH3 is 2. The van der Waals surface area contributed by atoms with Gasteiger partial charge in [-0.25, -0.2) is 4.79 Å². The first-order valence-corrected chi connectivity index (χ1v) is 14.6.